The molecule has 21 heavy (non-hydrogen) atoms. The third-order valence-electron chi connectivity index (χ3n) is 5.48. The van der Waals surface area contributed by atoms with Gasteiger partial charge in [0.15, 0.2) is 0 Å². The van der Waals surface area contributed by atoms with Crippen LogP contribution in [0.3, 0.4) is 0 Å². The largest absolute Gasteiger partial charge is 0.497 e. The number of aryl methyl sites for hydroxylation is 1. The second-order valence-electron chi connectivity index (χ2n) is 6.72. The topological polar surface area (TPSA) is 26.3 Å². The summed E-state index contributed by atoms with van der Waals surface area (Å²) in [5.74, 6) is 3.21. The molecule has 1 saturated carbocycles. The summed E-state index contributed by atoms with van der Waals surface area (Å²) in [7, 11) is 1.72. The molecular weight excluding hydrogens is 260 g/mol. The van der Waals surface area contributed by atoms with Gasteiger partial charge in [-0.05, 0) is 60.3 Å². The fourth-order valence-corrected chi connectivity index (χ4v) is 4.42. The van der Waals surface area contributed by atoms with Gasteiger partial charge in [-0.2, -0.15) is 0 Å². The van der Waals surface area contributed by atoms with Crippen LogP contribution in [0.2, 0.25) is 0 Å². The molecule has 2 nitrogen and oxygen atoms in total. The van der Waals surface area contributed by atoms with Crippen LogP contribution in [0.5, 0.6) is 5.75 Å². The van der Waals surface area contributed by atoms with Gasteiger partial charge in [-0.25, -0.2) is 0 Å². The number of rotatable bonds is 4. The first-order valence-electron chi connectivity index (χ1n) is 8.41. The van der Waals surface area contributed by atoms with Crippen molar-refractivity contribution in [3.8, 4) is 5.75 Å². The summed E-state index contributed by atoms with van der Waals surface area (Å²) in [6.07, 6.45) is 7.69. The van der Waals surface area contributed by atoms with Crippen LogP contribution in [0.4, 0.5) is 0 Å². The molecule has 114 valence electrons. The first kappa shape index (κ1) is 14.6. The maximum Gasteiger partial charge on any atom is 0.133 e. The van der Waals surface area contributed by atoms with E-state index in [9.17, 15) is 4.79 Å². The SMILES string of the molecule is CCCC[C@H]1CC(=O)C[C@@H]2c3ccc(OC)cc3CC[C@@H]12. The number of ether oxygens (including phenoxy) is 1. The molecule has 0 aliphatic heterocycles. The van der Waals surface area contributed by atoms with Gasteiger partial charge < -0.3 is 4.74 Å². The molecular formula is C19H26O2. The van der Waals surface area contributed by atoms with Crippen LogP contribution < -0.4 is 4.74 Å². The van der Waals surface area contributed by atoms with Crippen LogP contribution in [0, 0.1) is 11.8 Å². The van der Waals surface area contributed by atoms with Gasteiger partial charge in [0, 0.05) is 12.8 Å². The standard InChI is InChI=1S/C19H26O2/c1-3-4-5-13-10-15(20)12-19-17(13)8-6-14-11-16(21-2)7-9-18(14)19/h7,9,11,13,17,19H,3-6,8,10,12H2,1-2H3/t13-,17-,19-/m0/s1. The minimum atomic E-state index is 0.461. The van der Waals surface area contributed by atoms with Crippen molar-refractivity contribution in [2.45, 2.75) is 57.8 Å². The number of ketones is 1. The predicted molar refractivity (Wildman–Crippen MR) is 84.8 cm³/mol. The molecule has 0 bridgehead atoms. The zero-order valence-electron chi connectivity index (χ0n) is 13.2. The highest BCUT2D eigenvalue weighted by Gasteiger charge is 2.40. The van der Waals surface area contributed by atoms with Crippen molar-refractivity contribution < 1.29 is 9.53 Å². The Morgan fingerprint density at radius 2 is 2.14 bits per heavy atom. The van der Waals surface area contributed by atoms with E-state index in [-0.39, 0.29) is 0 Å². The monoisotopic (exact) mass is 286 g/mol. The van der Waals surface area contributed by atoms with E-state index in [0.717, 1.165) is 30.9 Å². The van der Waals surface area contributed by atoms with E-state index in [1.807, 2.05) is 0 Å². The second kappa shape index (κ2) is 6.21. The Balaban J connectivity index is 1.87. The van der Waals surface area contributed by atoms with Crippen molar-refractivity contribution in [3.05, 3.63) is 29.3 Å². The number of unbranched alkanes of at least 4 members (excludes halogenated alkanes) is 1. The normalized spacial score (nSPS) is 27.9. The van der Waals surface area contributed by atoms with Gasteiger partial charge >= 0.3 is 0 Å². The highest BCUT2D eigenvalue weighted by atomic mass is 16.5. The Morgan fingerprint density at radius 1 is 1.29 bits per heavy atom. The number of Topliss-reactive ketones (excluding diaryl/α,β-unsaturated/α-hetero) is 1. The number of hydrogen-bond acceptors (Lipinski definition) is 2. The van der Waals surface area contributed by atoms with E-state index in [1.54, 1.807) is 7.11 Å². The van der Waals surface area contributed by atoms with Crippen LogP contribution >= 0.6 is 0 Å². The first-order chi connectivity index (χ1) is 10.2. The summed E-state index contributed by atoms with van der Waals surface area (Å²) in [5, 5.41) is 0. The molecule has 2 aliphatic rings. The molecule has 0 unspecified atom stereocenters. The van der Waals surface area contributed by atoms with Crippen molar-refractivity contribution >= 4 is 5.78 Å². The van der Waals surface area contributed by atoms with Crippen molar-refractivity contribution in [1.29, 1.82) is 0 Å². The van der Waals surface area contributed by atoms with Crippen LogP contribution in [0.15, 0.2) is 18.2 Å². The molecule has 2 aliphatic carbocycles. The lowest BCUT2D eigenvalue weighted by Gasteiger charge is -2.42. The number of benzene rings is 1. The number of carbonyl (C=O) groups is 1. The highest BCUT2D eigenvalue weighted by Crippen LogP contribution is 2.48. The average Bonchev–Trinajstić information content (AvgIpc) is 2.51. The predicted octanol–water partition coefficient (Wildman–Crippen LogP) is 4.51. The number of hydrogen-bond donors (Lipinski definition) is 0. The first-order valence-corrected chi connectivity index (χ1v) is 8.41. The molecule has 3 rings (SSSR count). The van der Waals surface area contributed by atoms with E-state index >= 15 is 0 Å². The number of methoxy groups -OCH3 is 1. The van der Waals surface area contributed by atoms with Gasteiger partial charge in [-0.15, -0.1) is 0 Å². The summed E-state index contributed by atoms with van der Waals surface area (Å²) >= 11 is 0. The lowest BCUT2D eigenvalue weighted by Crippen LogP contribution is -2.35. The Morgan fingerprint density at radius 3 is 2.90 bits per heavy atom. The fourth-order valence-electron chi connectivity index (χ4n) is 4.42. The van der Waals surface area contributed by atoms with Gasteiger partial charge in [-0.3, -0.25) is 4.79 Å². The van der Waals surface area contributed by atoms with Crippen LogP contribution in [-0.4, -0.2) is 12.9 Å². The molecule has 0 aromatic heterocycles. The average molecular weight is 286 g/mol. The molecule has 2 heteroatoms. The fraction of sp³-hybridized carbons (Fsp3) is 0.632. The van der Waals surface area contributed by atoms with E-state index in [4.69, 9.17) is 4.74 Å². The Bertz CT molecular complexity index is 520. The molecule has 1 aromatic carbocycles. The second-order valence-corrected chi connectivity index (χ2v) is 6.72. The number of carbonyl (C=O) groups excluding carboxylic acids is 1. The smallest absolute Gasteiger partial charge is 0.133 e. The van der Waals surface area contributed by atoms with Gasteiger partial charge in [-0.1, -0.05) is 25.8 Å². The molecule has 0 amide bonds. The maximum atomic E-state index is 12.2. The molecule has 1 aromatic rings. The minimum absolute atomic E-state index is 0.461. The summed E-state index contributed by atoms with van der Waals surface area (Å²) in [6, 6.07) is 6.44. The molecule has 0 radical (unpaired) electrons. The molecule has 3 atom stereocenters. The van der Waals surface area contributed by atoms with Gasteiger partial charge in [0.05, 0.1) is 7.11 Å². The Hall–Kier alpha value is -1.31. The van der Waals surface area contributed by atoms with Gasteiger partial charge in [0.25, 0.3) is 0 Å². The molecule has 0 saturated heterocycles. The van der Waals surface area contributed by atoms with Crippen molar-refractivity contribution in [2.24, 2.45) is 11.8 Å². The minimum Gasteiger partial charge on any atom is -0.497 e. The van der Waals surface area contributed by atoms with Crippen LogP contribution in [0.25, 0.3) is 0 Å². The zero-order chi connectivity index (χ0) is 14.8. The highest BCUT2D eigenvalue weighted by molar-refractivity contribution is 5.81. The molecule has 1 fully saturated rings. The Kier molecular flexibility index (Phi) is 4.32. The van der Waals surface area contributed by atoms with Crippen molar-refractivity contribution in [2.75, 3.05) is 7.11 Å². The van der Waals surface area contributed by atoms with Gasteiger partial charge in [0.2, 0.25) is 0 Å². The Labute approximate surface area is 127 Å². The van der Waals surface area contributed by atoms with Crippen molar-refractivity contribution in [3.63, 3.8) is 0 Å². The van der Waals surface area contributed by atoms with Gasteiger partial charge in [0.1, 0.15) is 11.5 Å². The van der Waals surface area contributed by atoms with E-state index in [0.29, 0.717) is 17.6 Å². The summed E-state index contributed by atoms with van der Waals surface area (Å²) in [4.78, 5) is 12.2. The maximum absolute atomic E-state index is 12.2. The van der Waals surface area contributed by atoms with E-state index in [1.165, 1.54) is 36.8 Å². The third kappa shape index (κ3) is 2.86. The lowest BCUT2D eigenvalue weighted by molar-refractivity contribution is -0.123. The molecule has 0 N–H and O–H groups in total. The van der Waals surface area contributed by atoms with E-state index in [2.05, 4.69) is 25.1 Å². The van der Waals surface area contributed by atoms with Crippen LogP contribution in [-0.2, 0) is 11.2 Å². The quantitative estimate of drug-likeness (QED) is 0.814. The lowest BCUT2D eigenvalue weighted by atomic mass is 9.62. The summed E-state index contributed by atoms with van der Waals surface area (Å²) in [6.45, 7) is 2.24. The van der Waals surface area contributed by atoms with Crippen molar-refractivity contribution in [1.82, 2.24) is 0 Å². The van der Waals surface area contributed by atoms with Crippen LogP contribution in [0.1, 0.15) is 62.5 Å². The number of fused-ring (bicyclic) bond motifs is 3. The molecule has 0 heterocycles. The summed E-state index contributed by atoms with van der Waals surface area (Å²) < 4.78 is 5.34. The third-order valence-corrected chi connectivity index (χ3v) is 5.48. The molecule has 0 spiro atoms. The summed E-state index contributed by atoms with van der Waals surface area (Å²) in [5.41, 5.74) is 2.82. The zero-order valence-corrected chi connectivity index (χ0v) is 13.2. The van der Waals surface area contributed by atoms with E-state index < -0.39 is 0 Å².